The van der Waals surface area contributed by atoms with E-state index in [0.717, 1.165) is 30.9 Å². The van der Waals surface area contributed by atoms with Crippen molar-refractivity contribution in [2.75, 3.05) is 20.3 Å². The second-order valence-electron chi connectivity index (χ2n) is 6.08. The number of rotatable bonds is 10. The average Bonchev–Trinajstić information content (AvgIpc) is 2.64. The van der Waals surface area contributed by atoms with Crippen molar-refractivity contribution in [2.45, 2.75) is 38.5 Å². The van der Waals surface area contributed by atoms with Gasteiger partial charge in [-0.05, 0) is 48.7 Å². The number of hydrogen-bond acceptors (Lipinski definition) is 3. The molecule has 24 heavy (non-hydrogen) atoms. The van der Waals surface area contributed by atoms with Gasteiger partial charge in [-0.1, -0.05) is 50.1 Å². The quantitative estimate of drug-likeness (QED) is 0.651. The molecule has 3 heteroatoms. The molecule has 130 valence electrons. The molecule has 0 heterocycles. The van der Waals surface area contributed by atoms with E-state index >= 15 is 0 Å². The summed E-state index contributed by atoms with van der Waals surface area (Å²) in [5, 5.41) is 0. The summed E-state index contributed by atoms with van der Waals surface area (Å²) in [6.45, 7) is 3.58. The molecule has 0 saturated heterocycles. The first-order valence-corrected chi connectivity index (χ1v) is 8.83. The number of ether oxygens (including phenoxy) is 2. The second-order valence-corrected chi connectivity index (χ2v) is 6.08. The van der Waals surface area contributed by atoms with Crippen molar-refractivity contribution in [1.82, 2.24) is 0 Å². The van der Waals surface area contributed by atoms with Gasteiger partial charge in [0.1, 0.15) is 11.5 Å². The number of nitrogens with two attached hydrogens (primary N) is 1. The average molecular weight is 327 g/mol. The van der Waals surface area contributed by atoms with E-state index in [-0.39, 0.29) is 5.92 Å². The molecule has 0 radical (unpaired) electrons. The third kappa shape index (κ3) is 5.27. The molecule has 2 rings (SSSR count). The van der Waals surface area contributed by atoms with Gasteiger partial charge in [-0.2, -0.15) is 0 Å². The van der Waals surface area contributed by atoms with E-state index in [9.17, 15) is 0 Å². The summed E-state index contributed by atoms with van der Waals surface area (Å²) in [6.07, 6.45) is 4.44. The van der Waals surface area contributed by atoms with E-state index in [2.05, 4.69) is 37.3 Å². The molecule has 1 unspecified atom stereocenters. The highest BCUT2D eigenvalue weighted by Crippen LogP contribution is 2.29. The second kappa shape index (κ2) is 9.99. The fourth-order valence-corrected chi connectivity index (χ4v) is 2.87. The highest BCUT2D eigenvalue weighted by molar-refractivity contribution is 5.38. The smallest absolute Gasteiger partial charge is 0.122 e. The minimum Gasteiger partial charge on any atom is -0.496 e. The molecule has 0 saturated carbocycles. The minimum absolute atomic E-state index is 0.248. The van der Waals surface area contributed by atoms with Crippen molar-refractivity contribution in [3.8, 4) is 11.5 Å². The van der Waals surface area contributed by atoms with Crippen molar-refractivity contribution in [3.05, 3.63) is 59.7 Å². The maximum atomic E-state index is 6.02. The molecule has 0 aliphatic carbocycles. The van der Waals surface area contributed by atoms with Gasteiger partial charge in [0, 0.05) is 5.92 Å². The van der Waals surface area contributed by atoms with Gasteiger partial charge in [-0.3, -0.25) is 0 Å². The molecule has 0 aliphatic heterocycles. The fraction of sp³-hybridized carbons (Fsp3) is 0.429. The first-order valence-electron chi connectivity index (χ1n) is 8.83. The van der Waals surface area contributed by atoms with Crippen LogP contribution in [0.2, 0.25) is 0 Å². The van der Waals surface area contributed by atoms with E-state index in [0.29, 0.717) is 6.54 Å². The van der Waals surface area contributed by atoms with Crippen LogP contribution >= 0.6 is 0 Å². The van der Waals surface area contributed by atoms with Crippen LogP contribution in [0.25, 0.3) is 0 Å². The number of hydrogen-bond donors (Lipinski definition) is 1. The highest BCUT2D eigenvalue weighted by Gasteiger charge is 2.15. The molecular formula is C21H29NO2. The SMILES string of the molecule is CCCCCOc1ccc(CC(CN)c2ccccc2OC)cc1. The van der Waals surface area contributed by atoms with Crippen molar-refractivity contribution < 1.29 is 9.47 Å². The van der Waals surface area contributed by atoms with Crippen LogP contribution in [-0.2, 0) is 6.42 Å². The van der Waals surface area contributed by atoms with Gasteiger partial charge in [0.05, 0.1) is 13.7 Å². The molecule has 2 aromatic rings. The zero-order valence-electron chi connectivity index (χ0n) is 14.8. The van der Waals surface area contributed by atoms with Crippen LogP contribution in [0.1, 0.15) is 43.2 Å². The molecule has 0 aromatic heterocycles. The monoisotopic (exact) mass is 327 g/mol. The first kappa shape index (κ1) is 18.3. The molecule has 2 aromatic carbocycles. The van der Waals surface area contributed by atoms with E-state index < -0.39 is 0 Å². The topological polar surface area (TPSA) is 44.5 Å². The Morgan fingerprint density at radius 1 is 1.00 bits per heavy atom. The van der Waals surface area contributed by atoms with Crippen LogP contribution in [0, 0.1) is 0 Å². The fourth-order valence-electron chi connectivity index (χ4n) is 2.87. The van der Waals surface area contributed by atoms with Gasteiger partial charge >= 0.3 is 0 Å². The van der Waals surface area contributed by atoms with E-state index in [4.69, 9.17) is 15.2 Å². The zero-order valence-corrected chi connectivity index (χ0v) is 14.8. The summed E-state index contributed by atoms with van der Waals surface area (Å²) in [5.41, 5.74) is 8.45. The maximum absolute atomic E-state index is 6.02. The Balaban J connectivity index is 1.98. The van der Waals surface area contributed by atoms with Crippen LogP contribution in [0.3, 0.4) is 0 Å². The Labute approximate surface area is 145 Å². The summed E-state index contributed by atoms with van der Waals surface area (Å²) in [5.74, 6) is 2.10. The van der Waals surface area contributed by atoms with Gasteiger partial charge in [0.2, 0.25) is 0 Å². The van der Waals surface area contributed by atoms with Crippen LogP contribution in [0.5, 0.6) is 11.5 Å². The Bertz CT molecular complexity index is 595. The van der Waals surface area contributed by atoms with E-state index in [1.807, 2.05) is 18.2 Å². The lowest BCUT2D eigenvalue weighted by Crippen LogP contribution is -2.16. The Hall–Kier alpha value is -2.00. The van der Waals surface area contributed by atoms with Gasteiger partial charge < -0.3 is 15.2 Å². The van der Waals surface area contributed by atoms with Crippen LogP contribution in [0.15, 0.2) is 48.5 Å². The van der Waals surface area contributed by atoms with E-state index in [1.54, 1.807) is 7.11 Å². The molecule has 3 nitrogen and oxygen atoms in total. The molecular weight excluding hydrogens is 298 g/mol. The van der Waals surface area contributed by atoms with Crippen LogP contribution in [0.4, 0.5) is 0 Å². The number of methoxy groups -OCH3 is 1. The largest absolute Gasteiger partial charge is 0.496 e. The lowest BCUT2D eigenvalue weighted by molar-refractivity contribution is 0.306. The summed E-state index contributed by atoms with van der Waals surface area (Å²) < 4.78 is 11.2. The van der Waals surface area contributed by atoms with Crippen molar-refractivity contribution in [1.29, 1.82) is 0 Å². The van der Waals surface area contributed by atoms with Crippen LogP contribution in [-0.4, -0.2) is 20.3 Å². The predicted octanol–water partition coefficient (Wildman–Crippen LogP) is 4.55. The maximum Gasteiger partial charge on any atom is 0.122 e. The zero-order chi connectivity index (χ0) is 17.2. The first-order chi connectivity index (χ1) is 11.8. The van der Waals surface area contributed by atoms with Gasteiger partial charge in [0.15, 0.2) is 0 Å². The molecule has 2 N–H and O–H groups in total. The predicted molar refractivity (Wildman–Crippen MR) is 100.0 cm³/mol. The molecule has 0 bridgehead atoms. The van der Waals surface area contributed by atoms with Crippen molar-refractivity contribution in [2.24, 2.45) is 5.73 Å². The normalized spacial score (nSPS) is 12.0. The summed E-state index contributed by atoms with van der Waals surface area (Å²) in [7, 11) is 1.71. The van der Waals surface area contributed by atoms with Crippen LogP contribution < -0.4 is 15.2 Å². The lowest BCUT2D eigenvalue weighted by Gasteiger charge is -2.18. The van der Waals surface area contributed by atoms with Gasteiger partial charge in [-0.15, -0.1) is 0 Å². The third-order valence-electron chi connectivity index (χ3n) is 4.29. The van der Waals surface area contributed by atoms with Gasteiger partial charge in [0.25, 0.3) is 0 Å². The Morgan fingerprint density at radius 3 is 2.42 bits per heavy atom. The number of para-hydroxylation sites is 1. The summed E-state index contributed by atoms with van der Waals surface area (Å²) in [6, 6.07) is 16.5. The van der Waals surface area contributed by atoms with E-state index in [1.165, 1.54) is 24.0 Å². The lowest BCUT2D eigenvalue weighted by atomic mass is 9.91. The van der Waals surface area contributed by atoms with Crippen molar-refractivity contribution in [3.63, 3.8) is 0 Å². The number of benzene rings is 2. The number of unbranched alkanes of at least 4 members (excludes halogenated alkanes) is 2. The van der Waals surface area contributed by atoms with Crippen molar-refractivity contribution >= 4 is 0 Å². The standard InChI is InChI=1S/C21H29NO2/c1-3-4-7-14-24-19-12-10-17(11-13-19)15-18(16-22)20-8-5-6-9-21(20)23-2/h5-6,8-13,18H,3-4,7,14-16,22H2,1-2H3. The highest BCUT2D eigenvalue weighted by atomic mass is 16.5. The minimum atomic E-state index is 0.248. The molecule has 0 aliphatic rings. The summed E-state index contributed by atoms with van der Waals surface area (Å²) in [4.78, 5) is 0. The molecule has 0 spiro atoms. The summed E-state index contributed by atoms with van der Waals surface area (Å²) >= 11 is 0. The molecule has 1 atom stereocenters. The Kier molecular flexibility index (Phi) is 7.63. The molecule has 0 fully saturated rings. The Morgan fingerprint density at radius 2 is 1.75 bits per heavy atom. The molecule has 0 amide bonds. The third-order valence-corrected chi connectivity index (χ3v) is 4.29. The van der Waals surface area contributed by atoms with Gasteiger partial charge in [-0.25, -0.2) is 0 Å².